The topological polar surface area (TPSA) is 51.0 Å². The van der Waals surface area contributed by atoms with E-state index in [9.17, 15) is 4.79 Å². The Balaban J connectivity index is 1.39. The number of fused-ring (bicyclic) bond motifs is 1. The van der Waals surface area contributed by atoms with Gasteiger partial charge in [0, 0.05) is 29.2 Å². The SMILES string of the molecule is Cc1ccc(-n2c(SCC(=O)N3CCc4sccc4C3)nnc2-c2ccccc2)cc1. The molecule has 0 saturated heterocycles. The summed E-state index contributed by atoms with van der Waals surface area (Å²) < 4.78 is 2.04. The van der Waals surface area contributed by atoms with Crippen LogP contribution in [0.1, 0.15) is 16.0 Å². The first-order chi connectivity index (χ1) is 15.2. The van der Waals surface area contributed by atoms with Crippen molar-refractivity contribution in [1.82, 2.24) is 19.7 Å². The zero-order chi connectivity index (χ0) is 21.2. The molecule has 0 N–H and O–H groups in total. The summed E-state index contributed by atoms with van der Waals surface area (Å²) in [5.41, 5.74) is 4.46. The summed E-state index contributed by atoms with van der Waals surface area (Å²) in [5.74, 6) is 1.26. The maximum absolute atomic E-state index is 12.9. The van der Waals surface area contributed by atoms with Crippen molar-refractivity contribution in [1.29, 1.82) is 0 Å². The van der Waals surface area contributed by atoms with E-state index in [-0.39, 0.29) is 5.91 Å². The highest BCUT2D eigenvalue weighted by Gasteiger charge is 2.23. The Morgan fingerprint density at radius 2 is 1.87 bits per heavy atom. The van der Waals surface area contributed by atoms with Crippen LogP contribution in [0.3, 0.4) is 0 Å². The molecule has 5 nitrogen and oxygen atoms in total. The third kappa shape index (κ3) is 4.16. The van der Waals surface area contributed by atoms with Crippen LogP contribution in [0, 0.1) is 6.92 Å². The van der Waals surface area contributed by atoms with Gasteiger partial charge in [0.2, 0.25) is 5.91 Å². The second-order valence-corrected chi connectivity index (χ2v) is 9.51. The molecule has 0 aliphatic carbocycles. The van der Waals surface area contributed by atoms with Crippen LogP contribution in [-0.2, 0) is 17.8 Å². The molecule has 0 radical (unpaired) electrons. The Labute approximate surface area is 189 Å². The van der Waals surface area contributed by atoms with Crippen LogP contribution in [0.4, 0.5) is 0 Å². The van der Waals surface area contributed by atoms with Crippen LogP contribution < -0.4 is 0 Å². The van der Waals surface area contributed by atoms with Gasteiger partial charge in [0.05, 0.1) is 5.75 Å². The second kappa shape index (κ2) is 8.69. The second-order valence-electron chi connectivity index (χ2n) is 7.57. The van der Waals surface area contributed by atoms with E-state index in [0.717, 1.165) is 35.2 Å². The van der Waals surface area contributed by atoms with Gasteiger partial charge in [-0.05, 0) is 42.5 Å². The molecule has 0 atom stereocenters. The summed E-state index contributed by atoms with van der Waals surface area (Å²) in [5, 5.41) is 11.7. The summed E-state index contributed by atoms with van der Waals surface area (Å²) >= 11 is 3.23. The first kappa shape index (κ1) is 20.0. The summed E-state index contributed by atoms with van der Waals surface area (Å²) in [6, 6.07) is 20.5. The summed E-state index contributed by atoms with van der Waals surface area (Å²) in [4.78, 5) is 16.3. The Bertz CT molecular complexity index is 1200. The third-order valence-corrected chi connectivity index (χ3v) is 7.38. The van der Waals surface area contributed by atoms with Crippen molar-refractivity contribution in [2.24, 2.45) is 0 Å². The van der Waals surface area contributed by atoms with E-state index in [1.807, 2.05) is 39.8 Å². The average Bonchev–Trinajstić information content (AvgIpc) is 3.45. The van der Waals surface area contributed by atoms with Crippen LogP contribution in [0.2, 0.25) is 0 Å². The number of thioether (sulfide) groups is 1. The van der Waals surface area contributed by atoms with Crippen molar-refractivity contribution < 1.29 is 4.79 Å². The summed E-state index contributed by atoms with van der Waals surface area (Å²) in [7, 11) is 0. The Kier molecular flexibility index (Phi) is 5.61. The molecule has 0 bridgehead atoms. The van der Waals surface area contributed by atoms with E-state index in [1.165, 1.54) is 27.8 Å². The van der Waals surface area contributed by atoms with Gasteiger partial charge < -0.3 is 4.90 Å². The van der Waals surface area contributed by atoms with Crippen molar-refractivity contribution in [3.63, 3.8) is 0 Å². The van der Waals surface area contributed by atoms with Gasteiger partial charge in [-0.2, -0.15) is 0 Å². The minimum atomic E-state index is 0.140. The van der Waals surface area contributed by atoms with Crippen molar-refractivity contribution in [2.45, 2.75) is 25.0 Å². The lowest BCUT2D eigenvalue weighted by atomic mass is 10.1. The van der Waals surface area contributed by atoms with Gasteiger partial charge >= 0.3 is 0 Å². The number of carbonyl (C=O) groups excluding carboxylic acids is 1. The number of hydrogen-bond donors (Lipinski definition) is 0. The van der Waals surface area contributed by atoms with Crippen molar-refractivity contribution in [3.8, 4) is 17.1 Å². The molecule has 7 heteroatoms. The quantitative estimate of drug-likeness (QED) is 0.406. The van der Waals surface area contributed by atoms with E-state index in [2.05, 4.69) is 52.8 Å². The van der Waals surface area contributed by atoms with E-state index < -0.39 is 0 Å². The molecule has 156 valence electrons. The van der Waals surface area contributed by atoms with Gasteiger partial charge in [-0.1, -0.05) is 59.8 Å². The lowest BCUT2D eigenvalue weighted by Gasteiger charge is -2.26. The van der Waals surface area contributed by atoms with Crippen LogP contribution in [0.5, 0.6) is 0 Å². The molecule has 5 rings (SSSR count). The molecule has 1 amide bonds. The minimum absolute atomic E-state index is 0.140. The summed E-state index contributed by atoms with van der Waals surface area (Å²) in [6.45, 7) is 3.56. The Hall–Kier alpha value is -2.90. The van der Waals surface area contributed by atoms with Crippen molar-refractivity contribution in [2.75, 3.05) is 12.3 Å². The minimum Gasteiger partial charge on any atom is -0.337 e. The lowest BCUT2D eigenvalue weighted by molar-refractivity contribution is -0.129. The van der Waals surface area contributed by atoms with Crippen molar-refractivity contribution in [3.05, 3.63) is 82.0 Å². The fraction of sp³-hybridized carbons (Fsp3) is 0.208. The summed E-state index contributed by atoms with van der Waals surface area (Å²) in [6.07, 6.45) is 0.946. The smallest absolute Gasteiger partial charge is 0.233 e. The molecule has 1 aliphatic rings. The number of amides is 1. The molecule has 2 aromatic heterocycles. The molecular weight excluding hydrogens is 424 g/mol. The maximum atomic E-state index is 12.9. The lowest BCUT2D eigenvalue weighted by Crippen LogP contribution is -2.36. The normalized spacial score (nSPS) is 13.3. The van der Waals surface area contributed by atoms with Crippen LogP contribution in [0.25, 0.3) is 17.1 Å². The van der Waals surface area contributed by atoms with E-state index in [4.69, 9.17) is 0 Å². The molecule has 4 aromatic rings. The first-order valence-electron chi connectivity index (χ1n) is 10.2. The zero-order valence-electron chi connectivity index (χ0n) is 17.2. The Morgan fingerprint density at radius 1 is 1.06 bits per heavy atom. The fourth-order valence-corrected chi connectivity index (χ4v) is 5.49. The molecule has 0 spiro atoms. The highest BCUT2D eigenvalue weighted by molar-refractivity contribution is 7.99. The van der Waals surface area contributed by atoms with Gasteiger partial charge in [-0.25, -0.2) is 0 Å². The number of nitrogens with zero attached hydrogens (tertiary/aromatic N) is 4. The fourth-order valence-electron chi connectivity index (χ4n) is 3.74. The Morgan fingerprint density at radius 3 is 2.68 bits per heavy atom. The van der Waals surface area contributed by atoms with Crippen LogP contribution in [0.15, 0.2) is 71.2 Å². The average molecular weight is 447 g/mol. The number of aryl methyl sites for hydroxylation is 1. The van der Waals surface area contributed by atoms with Crippen LogP contribution in [-0.4, -0.2) is 37.9 Å². The largest absolute Gasteiger partial charge is 0.337 e. The molecule has 2 aromatic carbocycles. The van der Waals surface area contributed by atoms with Gasteiger partial charge in [0.25, 0.3) is 0 Å². The van der Waals surface area contributed by atoms with Gasteiger partial charge in [-0.15, -0.1) is 21.5 Å². The molecular formula is C24H22N4OS2. The molecule has 3 heterocycles. The van der Waals surface area contributed by atoms with E-state index in [1.54, 1.807) is 11.3 Å². The van der Waals surface area contributed by atoms with Gasteiger partial charge in [-0.3, -0.25) is 9.36 Å². The number of rotatable bonds is 5. The highest BCUT2D eigenvalue weighted by atomic mass is 32.2. The van der Waals surface area contributed by atoms with Gasteiger partial charge in [0.15, 0.2) is 11.0 Å². The molecule has 0 unspecified atom stereocenters. The zero-order valence-corrected chi connectivity index (χ0v) is 18.8. The number of thiophene rings is 1. The third-order valence-electron chi connectivity index (χ3n) is 5.44. The van der Waals surface area contributed by atoms with Crippen LogP contribution >= 0.6 is 23.1 Å². The van der Waals surface area contributed by atoms with Crippen molar-refractivity contribution >= 4 is 29.0 Å². The maximum Gasteiger partial charge on any atom is 0.233 e. The molecule has 0 fully saturated rings. The van der Waals surface area contributed by atoms with Gasteiger partial charge in [0.1, 0.15) is 0 Å². The number of carbonyl (C=O) groups is 1. The number of hydrogen-bond acceptors (Lipinski definition) is 5. The molecule has 0 saturated carbocycles. The van der Waals surface area contributed by atoms with E-state index in [0.29, 0.717) is 12.3 Å². The number of aromatic nitrogens is 3. The predicted octanol–water partition coefficient (Wildman–Crippen LogP) is 4.98. The first-order valence-corrected chi connectivity index (χ1v) is 12.1. The number of benzene rings is 2. The highest BCUT2D eigenvalue weighted by Crippen LogP contribution is 2.29. The predicted molar refractivity (Wildman–Crippen MR) is 126 cm³/mol. The molecule has 31 heavy (non-hydrogen) atoms. The standard InChI is InChI=1S/C24H22N4OS2/c1-17-7-9-20(10-8-17)28-23(18-5-3-2-4-6-18)25-26-24(28)31-16-22(29)27-13-11-21-19(15-27)12-14-30-21/h2-10,12,14H,11,13,15-16H2,1H3. The van der Waals surface area contributed by atoms with E-state index >= 15 is 0 Å². The molecule has 1 aliphatic heterocycles. The monoisotopic (exact) mass is 446 g/mol.